The van der Waals surface area contributed by atoms with Crippen LogP contribution in [0.5, 0.6) is 0 Å². The molecule has 0 saturated heterocycles. The molecular weight excluding hydrogens is 368 g/mol. The fraction of sp³-hybridized carbons (Fsp3) is 0.407. The molecule has 3 aromatic heterocycles. The van der Waals surface area contributed by atoms with Crippen LogP contribution < -0.4 is 4.57 Å². The largest absolute Gasteiger partial charge is 0.437 e. The first kappa shape index (κ1) is 11.1. The van der Waals surface area contributed by atoms with Gasteiger partial charge in [-0.25, -0.2) is 9.55 Å². The number of aryl methyl sites for hydroxylation is 3. The van der Waals surface area contributed by atoms with Gasteiger partial charge in [-0.3, -0.25) is 0 Å². The van der Waals surface area contributed by atoms with E-state index in [-0.39, 0.29) is 17.0 Å². The maximum Gasteiger partial charge on any atom is 0.227 e. The molecule has 0 unspecified atom stereocenters. The molecule has 0 spiro atoms. The number of rotatable bonds is 3. The Morgan fingerprint density at radius 2 is 1.83 bits per heavy atom. The Hall–Kier alpha value is -2.68. The summed E-state index contributed by atoms with van der Waals surface area (Å²) in [6, 6.07) is 9.37. The fourth-order valence-electron chi connectivity index (χ4n) is 3.80. The highest BCUT2D eigenvalue weighted by Crippen LogP contribution is 2.37. The van der Waals surface area contributed by atoms with Crippen LogP contribution in [0.15, 0.2) is 40.9 Å². The van der Waals surface area contributed by atoms with Crippen LogP contribution in [0, 0.1) is 19.3 Å². The summed E-state index contributed by atoms with van der Waals surface area (Å²) in [4.78, 5) is 4.68. The minimum Gasteiger partial charge on any atom is -0.437 e. The summed E-state index contributed by atoms with van der Waals surface area (Å²) in [5.41, 5.74) is 0.172. The summed E-state index contributed by atoms with van der Waals surface area (Å²) in [6.45, 7) is -3.63. The summed E-state index contributed by atoms with van der Waals surface area (Å²) >= 11 is 0. The van der Waals surface area contributed by atoms with Crippen LogP contribution in [0.2, 0.25) is 0 Å². The summed E-state index contributed by atoms with van der Waals surface area (Å²) in [5, 5.41) is 1.66. The first-order valence-electron chi connectivity index (χ1n) is 15.4. The summed E-state index contributed by atoms with van der Waals surface area (Å²) < 4.78 is 97.7. The minimum atomic E-state index is -3.70. The van der Waals surface area contributed by atoms with E-state index in [0.717, 1.165) is 22.0 Å². The third kappa shape index (κ3) is 3.62. The zero-order valence-corrected chi connectivity index (χ0v) is 17.8. The van der Waals surface area contributed by atoms with Crippen molar-refractivity contribution in [1.82, 2.24) is 4.98 Å². The molecule has 0 N–H and O–H groups in total. The van der Waals surface area contributed by atoms with E-state index >= 15 is 0 Å². The van der Waals surface area contributed by atoms with Gasteiger partial charge in [-0.2, -0.15) is 0 Å². The number of aromatic nitrogens is 2. The molecule has 3 heteroatoms. The molecule has 1 aromatic carbocycles. The van der Waals surface area contributed by atoms with Crippen molar-refractivity contribution in [3.8, 4) is 11.3 Å². The van der Waals surface area contributed by atoms with Gasteiger partial charge in [0.2, 0.25) is 11.4 Å². The first-order valence-corrected chi connectivity index (χ1v) is 9.92. The standard InChI is InChI=1S/C27H33N2O/c1-16(2)22-12-11-21-20-10-9-17(3)24(25(20)30-26(21)28-22)23-13-18(4)19(15-29(23)8)14-27(5,6)7/h9-13,15-16H,14H2,1-8H3/q+1/i5D3,6D3,7D3,14D2. The zero-order chi connectivity index (χ0) is 31.1. The van der Waals surface area contributed by atoms with Crippen molar-refractivity contribution in [3.63, 3.8) is 0 Å². The molecule has 0 aliphatic rings. The molecule has 3 nitrogen and oxygen atoms in total. The van der Waals surface area contributed by atoms with Crippen LogP contribution in [0.25, 0.3) is 33.3 Å². The van der Waals surface area contributed by atoms with Gasteiger partial charge in [0.05, 0.1) is 5.56 Å². The second-order valence-corrected chi connectivity index (χ2v) is 8.22. The van der Waals surface area contributed by atoms with E-state index in [1.807, 2.05) is 45.0 Å². The first-order chi connectivity index (χ1) is 18.6. The highest BCUT2D eigenvalue weighted by molar-refractivity contribution is 6.08. The van der Waals surface area contributed by atoms with Gasteiger partial charge in [-0.15, -0.1) is 0 Å². The lowest BCUT2D eigenvalue weighted by molar-refractivity contribution is -0.660. The molecule has 0 aliphatic carbocycles. The number of hydrogen-bond donors (Lipinski definition) is 0. The molecule has 4 aromatic rings. The lowest BCUT2D eigenvalue weighted by Gasteiger charge is -2.19. The van der Waals surface area contributed by atoms with Gasteiger partial charge in [0.25, 0.3) is 0 Å². The number of furan rings is 1. The molecule has 0 saturated carbocycles. The van der Waals surface area contributed by atoms with Crippen molar-refractivity contribution in [2.45, 2.75) is 60.5 Å². The van der Waals surface area contributed by atoms with Gasteiger partial charge in [0.1, 0.15) is 7.05 Å². The number of nitrogens with zero attached hydrogens (tertiary/aromatic N) is 2. The molecule has 156 valence electrons. The van der Waals surface area contributed by atoms with Crippen LogP contribution in [0.1, 0.15) is 77.8 Å². The Labute approximate surface area is 195 Å². The van der Waals surface area contributed by atoms with Gasteiger partial charge < -0.3 is 4.42 Å². The van der Waals surface area contributed by atoms with Crippen LogP contribution in [0.3, 0.4) is 0 Å². The average Bonchev–Trinajstić information content (AvgIpc) is 3.15. The van der Waals surface area contributed by atoms with E-state index in [2.05, 4.69) is 4.98 Å². The molecule has 0 aliphatic heterocycles. The summed E-state index contributed by atoms with van der Waals surface area (Å²) in [5.74, 6) is 0.198. The summed E-state index contributed by atoms with van der Waals surface area (Å²) in [7, 11) is 1.60. The van der Waals surface area contributed by atoms with Crippen LogP contribution in [-0.4, -0.2) is 4.98 Å². The Morgan fingerprint density at radius 3 is 2.53 bits per heavy atom. The zero-order valence-electron chi connectivity index (χ0n) is 28.8. The maximum atomic E-state index is 8.90. The third-order valence-corrected chi connectivity index (χ3v) is 5.39. The van der Waals surface area contributed by atoms with Crippen molar-refractivity contribution in [1.29, 1.82) is 0 Å². The lowest BCUT2D eigenvalue weighted by atomic mass is 9.86. The van der Waals surface area contributed by atoms with Crippen molar-refractivity contribution in [3.05, 3.63) is 58.9 Å². The number of benzene rings is 1. The van der Waals surface area contributed by atoms with Crippen LogP contribution in [-0.2, 0) is 13.4 Å². The smallest absolute Gasteiger partial charge is 0.227 e. The predicted molar refractivity (Wildman–Crippen MR) is 125 cm³/mol. The van der Waals surface area contributed by atoms with Crippen molar-refractivity contribution < 1.29 is 24.1 Å². The maximum absolute atomic E-state index is 8.90. The fourth-order valence-corrected chi connectivity index (χ4v) is 3.80. The van der Waals surface area contributed by atoms with E-state index in [4.69, 9.17) is 19.5 Å². The minimum absolute atomic E-state index is 0.193. The van der Waals surface area contributed by atoms with Crippen LogP contribution in [0.4, 0.5) is 0 Å². The van der Waals surface area contributed by atoms with Gasteiger partial charge in [-0.05, 0) is 54.8 Å². The molecule has 3 heterocycles. The van der Waals surface area contributed by atoms with E-state index in [1.54, 1.807) is 13.1 Å². The normalized spacial score (nSPS) is 19.6. The van der Waals surface area contributed by atoms with E-state index < -0.39 is 32.3 Å². The van der Waals surface area contributed by atoms with E-state index in [0.29, 0.717) is 22.6 Å². The molecule has 0 atom stereocenters. The number of hydrogen-bond acceptors (Lipinski definition) is 2. The molecular formula is C27H33N2O+. The van der Waals surface area contributed by atoms with Gasteiger partial charge in [0.15, 0.2) is 11.8 Å². The SMILES string of the molecule is [2H]C([2H])([2H])C(C([2H])([2H])[2H])(C([2H])([2H])[2H])C([2H])([2H])c1c[n+](C)c(-c2c(C)ccc3c2oc2nc(C(C)C)ccc23)cc1C. The Kier molecular flexibility index (Phi) is 2.67. The van der Waals surface area contributed by atoms with Gasteiger partial charge >= 0.3 is 0 Å². The van der Waals surface area contributed by atoms with E-state index in [1.165, 1.54) is 17.7 Å². The third-order valence-electron chi connectivity index (χ3n) is 5.39. The second-order valence-electron chi connectivity index (χ2n) is 8.22. The number of pyridine rings is 2. The predicted octanol–water partition coefficient (Wildman–Crippen LogP) is 6.80. The Morgan fingerprint density at radius 1 is 1.10 bits per heavy atom. The Balaban J connectivity index is 2.02. The van der Waals surface area contributed by atoms with Crippen molar-refractivity contribution >= 4 is 22.1 Å². The highest BCUT2D eigenvalue weighted by Gasteiger charge is 2.24. The average molecular weight is 413 g/mol. The Bertz CT molecular complexity index is 1610. The topological polar surface area (TPSA) is 29.9 Å². The monoisotopic (exact) mass is 412 g/mol. The van der Waals surface area contributed by atoms with Crippen molar-refractivity contribution in [2.75, 3.05) is 0 Å². The van der Waals surface area contributed by atoms with Crippen molar-refractivity contribution in [2.24, 2.45) is 12.5 Å². The number of fused-ring (bicyclic) bond motifs is 3. The molecule has 30 heavy (non-hydrogen) atoms. The molecule has 0 bridgehead atoms. The molecule has 0 radical (unpaired) electrons. The lowest BCUT2D eigenvalue weighted by Crippen LogP contribution is -2.32. The van der Waals surface area contributed by atoms with Crippen LogP contribution >= 0.6 is 0 Å². The quantitative estimate of drug-likeness (QED) is 0.346. The van der Waals surface area contributed by atoms with E-state index in [9.17, 15) is 0 Å². The molecule has 0 fully saturated rings. The summed E-state index contributed by atoms with van der Waals surface area (Å²) in [6.07, 6.45) is -2.04. The van der Waals surface area contributed by atoms with Gasteiger partial charge in [0, 0.05) is 43.2 Å². The molecule has 0 amide bonds. The molecule has 4 rings (SSSR count). The second kappa shape index (κ2) is 7.23. The highest BCUT2D eigenvalue weighted by atomic mass is 16.3. The van der Waals surface area contributed by atoms with Gasteiger partial charge in [-0.1, -0.05) is 46.5 Å².